The van der Waals surface area contributed by atoms with Crippen LogP contribution in [-0.4, -0.2) is 22.4 Å². The van der Waals surface area contributed by atoms with E-state index in [9.17, 15) is 4.55 Å². The minimum absolute atomic E-state index is 0.227. The Kier molecular flexibility index (Phi) is 4.70. The third-order valence-electron chi connectivity index (χ3n) is 3.02. The topological polar surface area (TPSA) is 61.1 Å². The molecule has 1 heterocycles. The summed E-state index contributed by atoms with van der Waals surface area (Å²) in [6, 6.07) is 0. The van der Waals surface area contributed by atoms with Gasteiger partial charge < -0.3 is 9.87 Å². The van der Waals surface area contributed by atoms with Crippen LogP contribution in [0.25, 0.3) is 0 Å². The summed E-state index contributed by atoms with van der Waals surface area (Å²) in [7, 11) is 0. The van der Waals surface area contributed by atoms with E-state index in [0.29, 0.717) is 5.92 Å². The van der Waals surface area contributed by atoms with Crippen LogP contribution in [0.15, 0.2) is 0 Å². The summed E-state index contributed by atoms with van der Waals surface area (Å²) in [4.78, 5) is 0. The maximum atomic E-state index is 11.3. The van der Waals surface area contributed by atoms with Crippen LogP contribution in [0.2, 0.25) is 0 Å². The standard InChI is InChI=1S/C10H22N2OS/c1-10(2,14(11)13)8-9-4-3-6-12-7-5-9/h9,12H,3-8,11H2,1-2H3/t9?,14-/m1/s1. The molecular weight excluding hydrogens is 196 g/mol. The van der Waals surface area contributed by atoms with Crippen molar-refractivity contribution in [2.75, 3.05) is 13.1 Å². The lowest BCUT2D eigenvalue weighted by atomic mass is 9.90. The summed E-state index contributed by atoms with van der Waals surface area (Å²) in [6.45, 7) is 6.23. The summed E-state index contributed by atoms with van der Waals surface area (Å²) in [5, 5.41) is 8.87. The molecule has 1 aliphatic rings. The smallest absolute Gasteiger partial charge is 0.139 e. The van der Waals surface area contributed by atoms with E-state index in [1.807, 2.05) is 13.8 Å². The van der Waals surface area contributed by atoms with Crippen molar-refractivity contribution in [3.63, 3.8) is 0 Å². The molecule has 0 bridgehead atoms. The highest BCUT2D eigenvalue weighted by Gasteiger charge is 2.33. The maximum absolute atomic E-state index is 11.3. The van der Waals surface area contributed by atoms with Crippen LogP contribution in [0.5, 0.6) is 0 Å². The van der Waals surface area contributed by atoms with Crippen LogP contribution >= 0.6 is 0 Å². The van der Waals surface area contributed by atoms with Gasteiger partial charge in [-0.25, -0.2) is 0 Å². The fraction of sp³-hybridized carbons (Fsp3) is 1.00. The first-order valence-corrected chi connectivity index (χ1v) is 6.60. The van der Waals surface area contributed by atoms with Crippen LogP contribution in [0.4, 0.5) is 0 Å². The summed E-state index contributed by atoms with van der Waals surface area (Å²) in [6.07, 6.45) is 4.66. The molecule has 4 heteroatoms. The van der Waals surface area contributed by atoms with Gasteiger partial charge in [-0.3, -0.25) is 0 Å². The van der Waals surface area contributed by atoms with E-state index in [1.165, 1.54) is 19.3 Å². The normalized spacial score (nSPS) is 27.0. The van der Waals surface area contributed by atoms with E-state index in [2.05, 4.69) is 5.32 Å². The Morgan fingerprint density at radius 3 is 2.79 bits per heavy atom. The number of nitrogens with one attached hydrogen (secondary N) is 1. The number of hydrogen-bond donors (Lipinski definition) is 2. The Hall–Kier alpha value is 0.230. The largest absolute Gasteiger partial charge is 0.598 e. The molecule has 0 aliphatic carbocycles. The highest BCUT2D eigenvalue weighted by Crippen LogP contribution is 2.28. The Morgan fingerprint density at radius 2 is 2.14 bits per heavy atom. The molecule has 3 N–H and O–H groups in total. The second-order valence-electron chi connectivity index (χ2n) is 4.81. The van der Waals surface area contributed by atoms with Gasteiger partial charge in [-0.05, 0) is 52.1 Å². The van der Waals surface area contributed by atoms with Crippen molar-refractivity contribution < 1.29 is 4.55 Å². The average Bonchev–Trinajstić information content (AvgIpc) is 2.32. The van der Waals surface area contributed by atoms with Gasteiger partial charge in [0, 0.05) is 17.8 Å². The van der Waals surface area contributed by atoms with Gasteiger partial charge in [0.05, 0.1) is 0 Å². The Balaban J connectivity index is 2.41. The SMILES string of the molecule is CC(C)(CC1CCCNCC1)[S@+](N)[O-]. The fourth-order valence-corrected chi connectivity index (χ4v) is 2.47. The van der Waals surface area contributed by atoms with Gasteiger partial charge in [0.15, 0.2) is 0 Å². The zero-order valence-corrected chi connectivity index (χ0v) is 10.0. The van der Waals surface area contributed by atoms with Gasteiger partial charge in [0.2, 0.25) is 0 Å². The van der Waals surface area contributed by atoms with Crippen LogP contribution < -0.4 is 10.5 Å². The lowest BCUT2D eigenvalue weighted by molar-refractivity contribution is 0.383. The molecule has 1 saturated heterocycles. The van der Waals surface area contributed by atoms with E-state index in [4.69, 9.17) is 5.14 Å². The molecule has 1 aliphatic heterocycles. The molecule has 3 nitrogen and oxygen atoms in total. The molecule has 84 valence electrons. The second-order valence-corrected chi connectivity index (χ2v) is 6.51. The minimum Gasteiger partial charge on any atom is -0.598 e. The molecule has 0 saturated carbocycles. The molecular formula is C10H22N2OS. The molecule has 0 aromatic heterocycles. The Labute approximate surface area is 90.1 Å². The van der Waals surface area contributed by atoms with Crippen LogP contribution in [0, 0.1) is 5.92 Å². The van der Waals surface area contributed by atoms with Crippen molar-refractivity contribution in [1.29, 1.82) is 0 Å². The fourth-order valence-electron chi connectivity index (χ4n) is 2.07. The van der Waals surface area contributed by atoms with Crippen LogP contribution in [-0.2, 0) is 11.4 Å². The summed E-state index contributed by atoms with van der Waals surface area (Å²) >= 11 is -1.20. The van der Waals surface area contributed by atoms with E-state index in [0.717, 1.165) is 19.5 Å². The molecule has 0 amide bonds. The van der Waals surface area contributed by atoms with E-state index in [1.54, 1.807) is 0 Å². The van der Waals surface area contributed by atoms with Crippen molar-refractivity contribution >= 4 is 11.4 Å². The monoisotopic (exact) mass is 218 g/mol. The van der Waals surface area contributed by atoms with Crippen molar-refractivity contribution in [2.45, 2.75) is 44.3 Å². The number of rotatable bonds is 3. The van der Waals surface area contributed by atoms with Gasteiger partial charge in [0.25, 0.3) is 0 Å². The van der Waals surface area contributed by atoms with Gasteiger partial charge in [0.1, 0.15) is 4.75 Å². The molecule has 0 aromatic rings. The van der Waals surface area contributed by atoms with Gasteiger partial charge in [-0.2, -0.15) is 5.14 Å². The highest BCUT2D eigenvalue weighted by molar-refractivity contribution is 7.90. The van der Waals surface area contributed by atoms with Gasteiger partial charge >= 0.3 is 0 Å². The molecule has 0 aromatic carbocycles. The molecule has 14 heavy (non-hydrogen) atoms. The van der Waals surface area contributed by atoms with Gasteiger partial charge in [-0.15, -0.1) is 0 Å². The molecule has 2 atom stereocenters. The lowest BCUT2D eigenvalue weighted by Gasteiger charge is -2.28. The average molecular weight is 218 g/mol. The Morgan fingerprint density at radius 1 is 1.43 bits per heavy atom. The van der Waals surface area contributed by atoms with E-state index in [-0.39, 0.29) is 4.75 Å². The maximum Gasteiger partial charge on any atom is 0.139 e. The van der Waals surface area contributed by atoms with Gasteiger partial charge in [-0.1, -0.05) is 0 Å². The molecule has 1 unspecified atom stereocenters. The first-order chi connectivity index (χ1) is 6.52. The second kappa shape index (κ2) is 5.35. The van der Waals surface area contributed by atoms with E-state index >= 15 is 0 Å². The predicted molar refractivity (Wildman–Crippen MR) is 61.2 cm³/mol. The summed E-state index contributed by atoms with van der Waals surface area (Å²) in [5.74, 6) is 0.687. The lowest BCUT2D eigenvalue weighted by Crippen LogP contribution is -2.39. The first kappa shape index (κ1) is 12.3. The first-order valence-electron chi connectivity index (χ1n) is 5.39. The summed E-state index contributed by atoms with van der Waals surface area (Å²) in [5.41, 5.74) is 0. The minimum atomic E-state index is -1.20. The Bertz CT molecular complexity index is 166. The third kappa shape index (κ3) is 3.77. The molecule has 0 spiro atoms. The van der Waals surface area contributed by atoms with Crippen LogP contribution in [0.1, 0.15) is 39.5 Å². The van der Waals surface area contributed by atoms with Crippen LogP contribution in [0.3, 0.4) is 0 Å². The zero-order valence-electron chi connectivity index (χ0n) is 9.21. The van der Waals surface area contributed by atoms with Crippen molar-refractivity contribution in [3.05, 3.63) is 0 Å². The zero-order chi connectivity index (χ0) is 10.6. The number of hydrogen-bond acceptors (Lipinski definition) is 3. The molecule has 0 radical (unpaired) electrons. The number of nitrogens with two attached hydrogens (primary N) is 1. The third-order valence-corrected chi connectivity index (χ3v) is 4.28. The predicted octanol–water partition coefficient (Wildman–Crippen LogP) is 1.17. The van der Waals surface area contributed by atoms with Crippen molar-refractivity contribution in [1.82, 2.24) is 5.32 Å². The molecule has 1 fully saturated rings. The quantitative estimate of drug-likeness (QED) is 0.699. The highest BCUT2D eigenvalue weighted by atomic mass is 32.2. The summed E-state index contributed by atoms with van der Waals surface area (Å²) < 4.78 is 11.1. The molecule has 1 rings (SSSR count). The van der Waals surface area contributed by atoms with Crippen molar-refractivity contribution in [3.8, 4) is 0 Å². The van der Waals surface area contributed by atoms with E-state index < -0.39 is 11.4 Å². The van der Waals surface area contributed by atoms with Crippen molar-refractivity contribution in [2.24, 2.45) is 11.1 Å².